The molecule has 1 amide bonds. The lowest BCUT2D eigenvalue weighted by Gasteiger charge is -2.12. The van der Waals surface area contributed by atoms with Crippen molar-refractivity contribution < 1.29 is 9.53 Å². The van der Waals surface area contributed by atoms with Gasteiger partial charge in [-0.15, -0.1) is 24.0 Å². The Labute approximate surface area is 184 Å². The van der Waals surface area contributed by atoms with Crippen LogP contribution in [0.5, 0.6) is 5.75 Å². The average molecular weight is 496 g/mol. The summed E-state index contributed by atoms with van der Waals surface area (Å²) in [5.41, 5.74) is 1.75. The Kier molecular flexibility index (Phi) is 11.7. The molecule has 0 saturated carbocycles. The monoisotopic (exact) mass is 496 g/mol. The lowest BCUT2D eigenvalue weighted by molar-refractivity contribution is 0.0963. The molecule has 0 radical (unpaired) electrons. The summed E-state index contributed by atoms with van der Waals surface area (Å²) in [6.07, 6.45) is 0.766. The molecular formula is C21H29IN4O2. The third kappa shape index (κ3) is 8.60. The second-order valence-corrected chi connectivity index (χ2v) is 5.88. The van der Waals surface area contributed by atoms with E-state index in [9.17, 15) is 4.79 Å². The van der Waals surface area contributed by atoms with Crippen molar-refractivity contribution in [2.45, 2.75) is 13.3 Å². The number of guanidine groups is 1. The van der Waals surface area contributed by atoms with E-state index >= 15 is 0 Å². The van der Waals surface area contributed by atoms with E-state index in [1.165, 1.54) is 0 Å². The maximum atomic E-state index is 11.7. The number of carbonyl (C=O) groups excluding carboxylic acids is 1. The number of hydrogen-bond donors (Lipinski definition) is 3. The predicted molar refractivity (Wildman–Crippen MR) is 125 cm³/mol. The Hall–Kier alpha value is -2.29. The van der Waals surface area contributed by atoms with Gasteiger partial charge in [0.2, 0.25) is 0 Å². The van der Waals surface area contributed by atoms with Crippen LogP contribution < -0.4 is 20.7 Å². The number of carbonyl (C=O) groups is 1. The molecule has 2 aromatic rings. The zero-order chi connectivity index (χ0) is 19.3. The molecule has 0 saturated heterocycles. The van der Waals surface area contributed by atoms with Crippen LogP contribution in [0.2, 0.25) is 0 Å². The number of nitrogens with zero attached hydrogens (tertiary/aromatic N) is 1. The van der Waals surface area contributed by atoms with Crippen molar-refractivity contribution in [2.75, 3.05) is 33.3 Å². The van der Waals surface area contributed by atoms with Crippen LogP contribution >= 0.6 is 24.0 Å². The van der Waals surface area contributed by atoms with E-state index in [1.807, 2.05) is 61.5 Å². The van der Waals surface area contributed by atoms with E-state index < -0.39 is 0 Å². The molecule has 0 fully saturated rings. The highest BCUT2D eigenvalue weighted by molar-refractivity contribution is 14.0. The first-order chi connectivity index (χ1) is 13.2. The van der Waals surface area contributed by atoms with E-state index in [0.29, 0.717) is 25.3 Å². The fourth-order valence-electron chi connectivity index (χ4n) is 2.51. The number of nitrogens with one attached hydrogen (secondary N) is 3. The van der Waals surface area contributed by atoms with Crippen LogP contribution in [0.1, 0.15) is 22.8 Å². The highest BCUT2D eigenvalue weighted by Crippen LogP contribution is 2.07. The minimum Gasteiger partial charge on any atom is -0.492 e. The summed E-state index contributed by atoms with van der Waals surface area (Å²) in [5, 5.41) is 9.13. The van der Waals surface area contributed by atoms with Gasteiger partial charge < -0.3 is 20.7 Å². The number of hydrogen-bond acceptors (Lipinski definition) is 3. The predicted octanol–water partition coefficient (Wildman–Crippen LogP) is 2.84. The molecule has 152 valence electrons. The molecule has 0 unspecified atom stereocenters. The van der Waals surface area contributed by atoms with Gasteiger partial charge in [0.15, 0.2) is 5.96 Å². The van der Waals surface area contributed by atoms with Crippen LogP contribution in [0.4, 0.5) is 0 Å². The normalized spacial score (nSPS) is 10.6. The number of para-hydroxylation sites is 1. The Bertz CT molecular complexity index is 738. The summed E-state index contributed by atoms with van der Waals surface area (Å²) in [5.74, 6) is 1.54. The molecule has 2 rings (SSSR count). The maximum Gasteiger partial charge on any atom is 0.251 e. The van der Waals surface area contributed by atoms with Crippen molar-refractivity contribution in [3.63, 3.8) is 0 Å². The van der Waals surface area contributed by atoms with Crippen molar-refractivity contribution in [3.8, 4) is 5.75 Å². The van der Waals surface area contributed by atoms with Gasteiger partial charge in [0.05, 0.1) is 6.54 Å². The highest BCUT2D eigenvalue weighted by atomic mass is 127. The topological polar surface area (TPSA) is 74.8 Å². The molecule has 0 atom stereocenters. The van der Waals surface area contributed by atoms with E-state index in [4.69, 9.17) is 4.74 Å². The fourth-order valence-corrected chi connectivity index (χ4v) is 2.51. The third-order valence-corrected chi connectivity index (χ3v) is 3.84. The zero-order valence-electron chi connectivity index (χ0n) is 16.4. The highest BCUT2D eigenvalue weighted by Gasteiger charge is 2.03. The summed E-state index contributed by atoms with van der Waals surface area (Å²) >= 11 is 0. The van der Waals surface area contributed by atoms with Crippen LogP contribution in [0.3, 0.4) is 0 Å². The van der Waals surface area contributed by atoms with Gasteiger partial charge in [0.25, 0.3) is 5.91 Å². The van der Waals surface area contributed by atoms with Crippen LogP contribution in [0.25, 0.3) is 0 Å². The van der Waals surface area contributed by atoms with Crippen molar-refractivity contribution in [3.05, 3.63) is 65.7 Å². The molecule has 0 aliphatic heterocycles. The van der Waals surface area contributed by atoms with Gasteiger partial charge in [-0.1, -0.05) is 30.3 Å². The van der Waals surface area contributed by atoms with Crippen LogP contribution in [0.15, 0.2) is 59.6 Å². The first-order valence-electron chi connectivity index (χ1n) is 9.24. The van der Waals surface area contributed by atoms with Crippen molar-refractivity contribution >= 4 is 35.8 Å². The summed E-state index contributed by atoms with van der Waals surface area (Å²) in [7, 11) is 1.63. The molecule has 0 aliphatic carbocycles. The van der Waals surface area contributed by atoms with E-state index in [-0.39, 0.29) is 29.9 Å². The summed E-state index contributed by atoms with van der Waals surface area (Å²) in [6, 6.07) is 17.4. The largest absolute Gasteiger partial charge is 0.492 e. The minimum absolute atomic E-state index is 0. The first-order valence-corrected chi connectivity index (χ1v) is 9.24. The Balaban J connectivity index is 0.00000392. The number of ether oxygens (including phenoxy) is 1. The van der Waals surface area contributed by atoms with Gasteiger partial charge >= 0.3 is 0 Å². The average Bonchev–Trinajstić information content (AvgIpc) is 2.71. The molecule has 0 aromatic heterocycles. The molecule has 0 bridgehead atoms. The summed E-state index contributed by atoms with van der Waals surface area (Å²) in [6.45, 7) is 4.67. The maximum absolute atomic E-state index is 11.7. The Morgan fingerprint density at radius 2 is 1.86 bits per heavy atom. The van der Waals surface area contributed by atoms with Crippen LogP contribution in [-0.2, 0) is 6.42 Å². The van der Waals surface area contributed by atoms with Crippen molar-refractivity contribution in [1.29, 1.82) is 0 Å². The molecule has 0 aliphatic rings. The van der Waals surface area contributed by atoms with Gasteiger partial charge in [-0.05, 0) is 43.2 Å². The molecule has 3 N–H and O–H groups in total. The van der Waals surface area contributed by atoms with E-state index in [2.05, 4.69) is 20.9 Å². The minimum atomic E-state index is -0.0752. The smallest absolute Gasteiger partial charge is 0.251 e. The van der Waals surface area contributed by atoms with Crippen LogP contribution in [-0.4, -0.2) is 45.2 Å². The summed E-state index contributed by atoms with van der Waals surface area (Å²) < 4.78 is 5.67. The van der Waals surface area contributed by atoms with Gasteiger partial charge in [0.1, 0.15) is 12.4 Å². The lowest BCUT2D eigenvalue weighted by atomic mass is 10.1. The number of aliphatic imine (C=N–C) groups is 1. The van der Waals surface area contributed by atoms with Crippen molar-refractivity contribution in [1.82, 2.24) is 16.0 Å². The van der Waals surface area contributed by atoms with E-state index in [1.54, 1.807) is 7.05 Å². The molecule has 0 spiro atoms. The Morgan fingerprint density at radius 3 is 2.57 bits per heavy atom. The van der Waals surface area contributed by atoms with Gasteiger partial charge in [-0.3, -0.25) is 9.79 Å². The molecule has 7 heteroatoms. The second-order valence-electron chi connectivity index (χ2n) is 5.88. The number of rotatable bonds is 9. The van der Waals surface area contributed by atoms with Gasteiger partial charge in [-0.25, -0.2) is 0 Å². The van der Waals surface area contributed by atoms with Gasteiger partial charge in [0, 0.05) is 25.7 Å². The fraction of sp³-hybridized carbons (Fsp3) is 0.333. The van der Waals surface area contributed by atoms with Crippen molar-refractivity contribution in [2.24, 2.45) is 4.99 Å². The zero-order valence-corrected chi connectivity index (χ0v) is 18.7. The Morgan fingerprint density at radius 1 is 1.07 bits per heavy atom. The second kappa shape index (κ2) is 13.8. The molecule has 0 heterocycles. The van der Waals surface area contributed by atoms with Crippen LogP contribution in [0, 0.1) is 0 Å². The molecule has 28 heavy (non-hydrogen) atoms. The number of benzene rings is 2. The quantitative estimate of drug-likeness (QED) is 0.216. The molecule has 2 aromatic carbocycles. The molecule has 6 nitrogen and oxygen atoms in total. The number of amides is 1. The summed E-state index contributed by atoms with van der Waals surface area (Å²) in [4.78, 5) is 16.3. The molecular weight excluding hydrogens is 467 g/mol. The SMILES string of the molecule is CCNC(=NCCc1cccc(C(=O)NC)c1)NCCOc1ccccc1.I. The number of halogens is 1. The standard InChI is InChI=1S/C21H28N4O2.HI/c1-3-23-21(25-14-15-27-19-10-5-4-6-11-19)24-13-12-17-8-7-9-18(16-17)20(26)22-2;/h4-11,16H,3,12-15H2,1-2H3,(H,22,26)(H2,23,24,25);1H. The van der Waals surface area contributed by atoms with Gasteiger partial charge in [-0.2, -0.15) is 0 Å². The first kappa shape index (κ1) is 23.7. The lowest BCUT2D eigenvalue weighted by Crippen LogP contribution is -2.39. The third-order valence-electron chi connectivity index (χ3n) is 3.84. The van der Waals surface area contributed by atoms with E-state index in [0.717, 1.165) is 30.2 Å².